The zero-order valence-electron chi connectivity index (χ0n) is 22.9. The van der Waals surface area contributed by atoms with Crippen molar-refractivity contribution in [2.45, 2.75) is 57.4 Å². The Kier molecular flexibility index (Phi) is 9.05. The molecule has 4 N–H and O–H groups in total. The van der Waals surface area contributed by atoms with E-state index < -0.39 is 18.0 Å². The van der Waals surface area contributed by atoms with Crippen LogP contribution in [0.3, 0.4) is 0 Å². The quantitative estimate of drug-likeness (QED) is 0.270. The smallest absolute Gasteiger partial charge is 0.284 e. The van der Waals surface area contributed by atoms with Gasteiger partial charge < -0.3 is 25.7 Å². The monoisotopic (exact) mass is 556 g/mol. The molecule has 0 saturated heterocycles. The Morgan fingerprint density at radius 2 is 2.00 bits per heavy atom. The zero-order valence-corrected chi connectivity index (χ0v) is 22.9. The molecule has 3 aromatic rings. The highest BCUT2D eigenvalue weighted by molar-refractivity contribution is 6.03. The summed E-state index contributed by atoms with van der Waals surface area (Å²) in [4.78, 5) is 23.8. The molecule has 0 aromatic carbocycles. The highest BCUT2D eigenvalue weighted by atomic mass is 19.3. The van der Waals surface area contributed by atoms with Crippen molar-refractivity contribution in [3.63, 3.8) is 0 Å². The van der Waals surface area contributed by atoms with Gasteiger partial charge >= 0.3 is 0 Å². The van der Waals surface area contributed by atoms with Crippen molar-refractivity contribution >= 4 is 17.4 Å². The fourth-order valence-electron chi connectivity index (χ4n) is 5.26. The summed E-state index contributed by atoms with van der Waals surface area (Å²) in [5.41, 5.74) is 5.81. The van der Waals surface area contributed by atoms with Crippen LogP contribution in [0.1, 0.15) is 73.6 Å². The molecule has 0 unspecified atom stereocenters. The SMILES string of the molecule is CN(CCCN)C[C@H]1CC[C@H](n2cc(NC(=O)c3coc(-c4ccnc(NCC5CC5)c4)n3)c(C(F)F)n2)CC1. The van der Waals surface area contributed by atoms with Crippen LogP contribution in [0.25, 0.3) is 11.5 Å². The van der Waals surface area contributed by atoms with Gasteiger partial charge in [-0.05, 0) is 89.1 Å². The number of rotatable bonds is 13. The first kappa shape index (κ1) is 28.2. The molecule has 2 aliphatic rings. The highest BCUT2D eigenvalue weighted by Crippen LogP contribution is 2.35. The van der Waals surface area contributed by atoms with Crippen LogP contribution in [0.2, 0.25) is 0 Å². The van der Waals surface area contributed by atoms with Crippen molar-refractivity contribution in [3.05, 3.63) is 42.2 Å². The molecule has 10 nitrogen and oxygen atoms in total. The number of nitrogens with two attached hydrogens (primary N) is 1. The lowest BCUT2D eigenvalue weighted by molar-refractivity contribution is 0.102. The molecule has 0 spiro atoms. The molecule has 0 radical (unpaired) electrons. The lowest BCUT2D eigenvalue weighted by atomic mass is 9.86. The lowest BCUT2D eigenvalue weighted by Gasteiger charge is -2.31. The van der Waals surface area contributed by atoms with Crippen LogP contribution in [0.5, 0.6) is 0 Å². The second-order valence-corrected chi connectivity index (χ2v) is 11.0. The Balaban J connectivity index is 1.20. The fraction of sp³-hybridized carbons (Fsp3) is 0.571. The van der Waals surface area contributed by atoms with Crippen LogP contribution in [0.4, 0.5) is 20.3 Å². The second-order valence-electron chi connectivity index (χ2n) is 11.0. The van der Waals surface area contributed by atoms with Gasteiger partial charge in [0, 0.05) is 31.0 Å². The molecule has 5 rings (SSSR count). The van der Waals surface area contributed by atoms with Crippen molar-refractivity contribution < 1.29 is 18.0 Å². The maximum absolute atomic E-state index is 13.9. The minimum absolute atomic E-state index is 0.00784. The second kappa shape index (κ2) is 12.9. The third-order valence-corrected chi connectivity index (χ3v) is 7.73. The van der Waals surface area contributed by atoms with Crippen LogP contribution in [-0.4, -0.2) is 63.8 Å². The number of nitrogens with zero attached hydrogens (tertiary/aromatic N) is 5. The summed E-state index contributed by atoms with van der Waals surface area (Å²) < 4.78 is 34.8. The number of anilines is 2. The van der Waals surface area contributed by atoms with Gasteiger partial charge in [-0.3, -0.25) is 9.48 Å². The molecule has 1 amide bonds. The molecule has 40 heavy (non-hydrogen) atoms. The van der Waals surface area contributed by atoms with Gasteiger partial charge in [-0.15, -0.1) is 0 Å². The zero-order chi connectivity index (χ0) is 28.1. The molecule has 2 aliphatic carbocycles. The Morgan fingerprint density at radius 3 is 2.73 bits per heavy atom. The van der Waals surface area contributed by atoms with Crippen molar-refractivity contribution in [2.75, 3.05) is 43.9 Å². The first-order valence-electron chi connectivity index (χ1n) is 14.1. The summed E-state index contributed by atoms with van der Waals surface area (Å²) in [6.07, 6.45) is 8.68. The first-order chi connectivity index (χ1) is 19.4. The summed E-state index contributed by atoms with van der Waals surface area (Å²) >= 11 is 0. The number of hydrogen-bond donors (Lipinski definition) is 3. The molecule has 3 heterocycles. The lowest BCUT2D eigenvalue weighted by Crippen LogP contribution is -2.30. The van der Waals surface area contributed by atoms with Crippen LogP contribution in [0.15, 0.2) is 35.2 Å². The number of carbonyl (C=O) groups is 1. The number of amides is 1. The van der Waals surface area contributed by atoms with Gasteiger partial charge in [0.1, 0.15) is 12.1 Å². The third kappa shape index (κ3) is 7.22. The van der Waals surface area contributed by atoms with E-state index in [1.54, 1.807) is 16.9 Å². The summed E-state index contributed by atoms with van der Waals surface area (Å²) in [7, 11) is 2.11. The summed E-state index contributed by atoms with van der Waals surface area (Å²) in [5.74, 6) is 1.57. The van der Waals surface area contributed by atoms with Crippen LogP contribution >= 0.6 is 0 Å². The standard InChI is InChI=1S/C28H38F2N8O2/c1-37(12-2-10-31)15-19-5-7-21(8-6-19)38-16-22(25(36-38)26(29)30)34-27(39)23-17-40-28(35-23)20-9-11-32-24(13-20)33-14-18-3-4-18/h9,11,13,16-19,21,26H,2-8,10,12,14-15,31H2,1H3,(H,32,33)(H,34,39)/t19-,21-. The average molecular weight is 557 g/mol. The molecule has 3 aromatic heterocycles. The molecule has 0 atom stereocenters. The van der Waals surface area contributed by atoms with E-state index in [0.29, 0.717) is 29.8 Å². The Hall–Kier alpha value is -3.38. The van der Waals surface area contributed by atoms with Gasteiger partial charge in [-0.1, -0.05) is 0 Å². The molecule has 0 aliphatic heterocycles. The van der Waals surface area contributed by atoms with Gasteiger partial charge in [-0.25, -0.2) is 18.7 Å². The number of aromatic nitrogens is 4. The van der Waals surface area contributed by atoms with E-state index in [-0.39, 0.29) is 23.3 Å². The average Bonchev–Trinajstić information content (AvgIpc) is 3.47. The Labute approximate surface area is 232 Å². The maximum Gasteiger partial charge on any atom is 0.284 e. The fourth-order valence-corrected chi connectivity index (χ4v) is 5.26. The minimum Gasteiger partial charge on any atom is -0.444 e. The summed E-state index contributed by atoms with van der Waals surface area (Å²) in [5, 5.41) is 10.0. The van der Waals surface area contributed by atoms with E-state index >= 15 is 0 Å². The first-order valence-corrected chi connectivity index (χ1v) is 14.1. The minimum atomic E-state index is -2.82. The van der Waals surface area contributed by atoms with Gasteiger partial charge in [-0.2, -0.15) is 5.10 Å². The van der Waals surface area contributed by atoms with Crippen molar-refractivity contribution in [1.29, 1.82) is 0 Å². The normalized spacial score (nSPS) is 19.4. The number of alkyl halides is 2. The molecular formula is C28H38F2N8O2. The molecule has 2 saturated carbocycles. The van der Waals surface area contributed by atoms with Crippen molar-refractivity contribution in [3.8, 4) is 11.5 Å². The molecular weight excluding hydrogens is 518 g/mol. The van der Waals surface area contributed by atoms with Crippen molar-refractivity contribution in [1.82, 2.24) is 24.6 Å². The van der Waals surface area contributed by atoms with Crippen LogP contribution in [-0.2, 0) is 0 Å². The Bertz CT molecular complexity index is 1270. The number of hydrogen-bond acceptors (Lipinski definition) is 8. The largest absolute Gasteiger partial charge is 0.444 e. The van der Waals surface area contributed by atoms with Gasteiger partial charge in [0.15, 0.2) is 11.4 Å². The third-order valence-electron chi connectivity index (χ3n) is 7.73. The number of carbonyl (C=O) groups excluding carboxylic acids is 1. The predicted octanol–water partition coefficient (Wildman–Crippen LogP) is 4.96. The molecule has 12 heteroatoms. The molecule has 216 valence electrons. The Morgan fingerprint density at radius 1 is 1.23 bits per heavy atom. The summed E-state index contributed by atoms with van der Waals surface area (Å²) in [6, 6.07) is 3.56. The van der Waals surface area contributed by atoms with E-state index in [1.165, 1.54) is 25.3 Å². The maximum atomic E-state index is 13.9. The van der Waals surface area contributed by atoms with Gasteiger partial charge in [0.2, 0.25) is 5.89 Å². The molecule has 2 fully saturated rings. The van der Waals surface area contributed by atoms with E-state index in [2.05, 4.69) is 37.6 Å². The van der Waals surface area contributed by atoms with Crippen LogP contribution in [0, 0.1) is 11.8 Å². The number of nitrogens with one attached hydrogen (secondary N) is 2. The molecule has 0 bridgehead atoms. The van der Waals surface area contributed by atoms with E-state index in [0.717, 1.165) is 51.7 Å². The topological polar surface area (TPSA) is 127 Å². The number of oxazole rings is 1. The van der Waals surface area contributed by atoms with Crippen LogP contribution < -0.4 is 16.4 Å². The predicted molar refractivity (Wildman–Crippen MR) is 148 cm³/mol. The van der Waals surface area contributed by atoms with Gasteiger partial charge in [0.25, 0.3) is 12.3 Å². The van der Waals surface area contributed by atoms with E-state index in [4.69, 9.17) is 10.2 Å². The highest BCUT2D eigenvalue weighted by Gasteiger charge is 2.28. The van der Waals surface area contributed by atoms with Crippen molar-refractivity contribution in [2.24, 2.45) is 17.6 Å². The van der Waals surface area contributed by atoms with E-state index in [9.17, 15) is 13.6 Å². The summed E-state index contributed by atoms with van der Waals surface area (Å²) in [6.45, 7) is 3.53. The van der Waals surface area contributed by atoms with E-state index in [1.807, 2.05) is 6.07 Å². The number of pyridine rings is 1. The number of halogens is 2. The van der Waals surface area contributed by atoms with Gasteiger partial charge in [0.05, 0.1) is 11.7 Å².